The van der Waals surface area contributed by atoms with Gasteiger partial charge in [-0.25, -0.2) is 0 Å². The van der Waals surface area contributed by atoms with Crippen LogP contribution < -0.4 is 15.7 Å². The Kier molecular flexibility index (Phi) is 6.56. The fourth-order valence-electron chi connectivity index (χ4n) is 3.15. The summed E-state index contributed by atoms with van der Waals surface area (Å²) in [6, 6.07) is 11.1. The van der Waals surface area contributed by atoms with Crippen molar-refractivity contribution in [1.29, 1.82) is 0 Å². The minimum absolute atomic E-state index is 0.225. The molecule has 0 radical (unpaired) electrons. The van der Waals surface area contributed by atoms with Crippen molar-refractivity contribution in [2.45, 2.75) is 12.8 Å². The number of hydrogen-bond acceptors (Lipinski definition) is 4. The summed E-state index contributed by atoms with van der Waals surface area (Å²) >= 11 is 11.9. The zero-order valence-corrected chi connectivity index (χ0v) is 16.7. The number of carbonyl (C=O) groups excluding carboxylic acids is 3. The van der Waals surface area contributed by atoms with E-state index in [4.69, 9.17) is 23.2 Å². The lowest BCUT2D eigenvalue weighted by Gasteiger charge is -2.28. The number of hydrogen-bond donors (Lipinski definition) is 2. The Labute approximate surface area is 177 Å². The summed E-state index contributed by atoms with van der Waals surface area (Å²) in [6.07, 6.45) is 4.03. The van der Waals surface area contributed by atoms with Gasteiger partial charge in [0.1, 0.15) is 0 Å². The molecule has 1 aliphatic carbocycles. The monoisotopic (exact) mass is 431 g/mol. The second-order valence-corrected chi connectivity index (χ2v) is 7.41. The molecule has 0 unspecified atom stereocenters. The second-order valence-electron chi connectivity index (χ2n) is 6.59. The zero-order valence-electron chi connectivity index (χ0n) is 15.2. The molecule has 0 saturated heterocycles. The number of carboxylic acid groups (broad SMARTS) is 1. The average molecular weight is 432 g/mol. The number of carboxylic acids is 1. The smallest absolute Gasteiger partial charge is 0.257 e. The van der Waals surface area contributed by atoms with E-state index in [2.05, 4.69) is 10.6 Å². The number of aliphatic carboxylic acids is 1. The van der Waals surface area contributed by atoms with E-state index in [1.165, 1.54) is 6.07 Å². The number of benzene rings is 2. The molecule has 0 aliphatic heterocycles. The first-order valence-electron chi connectivity index (χ1n) is 8.89. The number of anilines is 2. The van der Waals surface area contributed by atoms with E-state index >= 15 is 0 Å². The van der Waals surface area contributed by atoms with Crippen LogP contribution in [0.5, 0.6) is 0 Å². The molecule has 0 aromatic heterocycles. The van der Waals surface area contributed by atoms with Gasteiger partial charge in [0.25, 0.3) is 5.91 Å². The SMILES string of the molecule is O=C(Nc1ccc(Cl)c(Cl)c1)c1ccccc1NC(=O)[C@@H]1CC=CC[C@@H]1C(=O)[O-]. The summed E-state index contributed by atoms with van der Waals surface area (Å²) in [5.74, 6) is -3.87. The molecule has 6 nitrogen and oxygen atoms in total. The van der Waals surface area contributed by atoms with Crippen LogP contribution in [-0.2, 0) is 9.59 Å². The van der Waals surface area contributed by atoms with Crippen molar-refractivity contribution in [1.82, 2.24) is 0 Å². The second kappa shape index (κ2) is 9.11. The Balaban J connectivity index is 1.78. The molecule has 150 valence electrons. The maximum absolute atomic E-state index is 12.7. The van der Waals surface area contributed by atoms with Gasteiger partial charge in [-0.2, -0.15) is 0 Å². The van der Waals surface area contributed by atoms with Crippen molar-refractivity contribution in [2.75, 3.05) is 10.6 Å². The predicted molar refractivity (Wildman–Crippen MR) is 110 cm³/mol. The number of rotatable bonds is 5. The third-order valence-corrected chi connectivity index (χ3v) is 5.42. The number of halogens is 2. The number of amides is 2. The van der Waals surface area contributed by atoms with Gasteiger partial charge < -0.3 is 20.5 Å². The van der Waals surface area contributed by atoms with Gasteiger partial charge >= 0.3 is 0 Å². The Morgan fingerprint density at radius 3 is 2.28 bits per heavy atom. The largest absolute Gasteiger partial charge is 0.550 e. The summed E-state index contributed by atoms with van der Waals surface area (Å²) in [5, 5.41) is 17.4. The van der Waals surface area contributed by atoms with Crippen LogP contribution in [0, 0.1) is 11.8 Å². The summed E-state index contributed by atoms with van der Waals surface area (Å²) in [5.41, 5.74) is 0.949. The highest BCUT2D eigenvalue weighted by Gasteiger charge is 2.30. The molecule has 2 amide bonds. The first kappa shape index (κ1) is 20.9. The van der Waals surface area contributed by atoms with Gasteiger partial charge in [-0.1, -0.05) is 47.5 Å². The average Bonchev–Trinajstić information content (AvgIpc) is 2.71. The molecule has 3 rings (SSSR count). The number of para-hydroxylation sites is 1. The number of nitrogens with one attached hydrogen (secondary N) is 2. The Bertz CT molecular complexity index is 990. The molecular formula is C21H17Cl2N2O4-. The molecule has 0 saturated carbocycles. The van der Waals surface area contributed by atoms with Crippen LogP contribution in [0.25, 0.3) is 0 Å². The highest BCUT2D eigenvalue weighted by atomic mass is 35.5. The Morgan fingerprint density at radius 2 is 1.59 bits per heavy atom. The van der Waals surface area contributed by atoms with Crippen LogP contribution in [0.2, 0.25) is 10.0 Å². The maximum atomic E-state index is 12.7. The van der Waals surface area contributed by atoms with Crippen molar-refractivity contribution in [3.63, 3.8) is 0 Å². The van der Waals surface area contributed by atoms with Gasteiger partial charge in [0.15, 0.2) is 0 Å². The lowest BCUT2D eigenvalue weighted by Crippen LogP contribution is -2.41. The van der Waals surface area contributed by atoms with Crippen LogP contribution in [0.15, 0.2) is 54.6 Å². The van der Waals surface area contributed by atoms with E-state index in [0.717, 1.165) is 0 Å². The number of carbonyl (C=O) groups is 3. The Morgan fingerprint density at radius 1 is 0.897 bits per heavy atom. The number of allylic oxidation sites excluding steroid dienone is 2. The van der Waals surface area contributed by atoms with Crippen LogP contribution >= 0.6 is 23.2 Å². The molecule has 2 aromatic rings. The van der Waals surface area contributed by atoms with Gasteiger partial charge in [-0.05, 0) is 43.2 Å². The van der Waals surface area contributed by atoms with E-state index in [9.17, 15) is 19.5 Å². The minimum Gasteiger partial charge on any atom is -0.550 e. The first-order chi connectivity index (χ1) is 13.9. The Hall–Kier alpha value is -2.83. The van der Waals surface area contributed by atoms with Crippen molar-refractivity contribution >= 4 is 52.4 Å². The predicted octanol–water partition coefficient (Wildman–Crippen LogP) is 3.52. The van der Waals surface area contributed by atoms with Crippen LogP contribution in [0.4, 0.5) is 11.4 Å². The zero-order chi connectivity index (χ0) is 21.0. The summed E-state index contributed by atoms with van der Waals surface area (Å²) < 4.78 is 0. The fraction of sp³-hybridized carbons (Fsp3) is 0.190. The molecular weight excluding hydrogens is 415 g/mol. The van der Waals surface area contributed by atoms with Crippen molar-refractivity contribution in [2.24, 2.45) is 11.8 Å². The van der Waals surface area contributed by atoms with Crippen LogP contribution in [-0.4, -0.2) is 17.8 Å². The van der Waals surface area contributed by atoms with Gasteiger partial charge in [0, 0.05) is 17.6 Å². The quantitative estimate of drug-likeness (QED) is 0.707. The maximum Gasteiger partial charge on any atom is 0.257 e. The summed E-state index contributed by atoms with van der Waals surface area (Å²) in [4.78, 5) is 36.7. The molecule has 8 heteroatoms. The minimum atomic E-state index is -1.26. The van der Waals surface area contributed by atoms with E-state index in [1.807, 2.05) is 0 Å². The lowest BCUT2D eigenvalue weighted by atomic mass is 9.82. The van der Waals surface area contributed by atoms with Gasteiger partial charge in [0.2, 0.25) is 5.91 Å². The molecule has 0 fully saturated rings. The van der Waals surface area contributed by atoms with E-state index < -0.39 is 29.6 Å². The van der Waals surface area contributed by atoms with Gasteiger partial charge in [-0.3, -0.25) is 9.59 Å². The molecule has 2 atom stereocenters. The van der Waals surface area contributed by atoms with E-state index in [1.54, 1.807) is 48.6 Å². The molecule has 0 heterocycles. The van der Waals surface area contributed by atoms with Crippen molar-refractivity contribution in [3.8, 4) is 0 Å². The molecule has 0 bridgehead atoms. The molecule has 2 aromatic carbocycles. The van der Waals surface area contributed by atoms with Gasteiger partial charge in [0.05, 0.1) is 27.2 Å². The lowest BCUT2D eigenvalue weighted by molar-refractivity contribution is -0.313. The molecule has 1 aliphatic rings. The highest BCUT2D eigenvalue weighted by molar-refractivity contribution is 6.42. The third-order valence-electron chi connectivity index (χ3n) is 4.68. The molecule has 29 heavy (non-hydrogen) atoms. The van der Waals surface area contributed by atoms with Crippen molar-refractivity contribution < 1.29 is 19.5 Å². The highest BCUT2D eigenvalue weighted by Crippen LogP contribution is 2.28. The van der Waals surface area contributed by atoms with Crippen LogP contribution in [0.1, 0.15) is 23.2 Å². The normalized spacial score (nSPS) is 18.1. The van der Waals surface area contributed by atoms with E-state index in [-0.39, 0.29) is 17.7 Å². The summed E-state index contributed by atoms with van der Waals surface area (Å²) in [7, 11) is 0. The third kappa shape index (κ3) is 4.96. The molecule has 2 N–H and O–H groups in total. The summed E-state index contributed by atoms with van der Waals surface area (Å²) in [6.45, 7) is 0. The molecule has 0 spiro atoms. The van der Waals surface area contributed by atoms with Crippen molar-refractivity contribution in [3.05, 3.63) is 70.2 Å². The van der Waals surface area contributed by atoms with E-state index in [0.29, 0.717) is 22.2 Å². The van der Waals surface area contributed by atoms with Gasteiger partial charge in [-0.15, -0.1) is 0 Å². The van der Waals surface area contributed by atoms with Crippen LogP contribution in [0.3, 0.4) is 0 Å². The first-order valence-corrected chi connectivity index (χ1v) is 9.64. The fourth-order valence-corrected chi connectivity index (χ4v) is 3.45. The topological polar surface area (TPSA) is 98.3 Å². The standard InChI is InChI=1S/C21H18Cl2N2O4/c22-16-10-9-12(11-17(16)23)24-20(27)15-7-3-4-8-18(15)25-19(26)13-5-1-2-6-14(13)21(28)29/h1-4,7-11,13-14H,5-6H2,(H,24,27)(H,25,26)(H,28,29)/p-1/t13-,14+/m1/s1.